The number of nitrogens with zero attached hydrogens (tertiary/aromatic N) is 1. The maximum atomic E-state index is 12.4. The Balaban J connectivity index is 2.05. The molecule has 2 rings (SSSR count). The van der Waals surface area contributed by atoms with Gasteiger partial charge in [-0.05, 0) is 43.5 Å². The second-order valence-electron chi connectivity index (χ2n) is 5.70. The number of carbonyl (C=O) groups excluding carboxylic acids is 1. The Hall–Kier alpha value is -1.39. The predicted molar refractivity (Wildman–Crippen MR) is 78.3 cm³/mol. The molecule has 0 bridgehead atoms. The second kappa shape index (κ2) is 6.37. The standard InChI is InChI=1S/C16H23NO3/c1-11-4-5-13(16(8-11)20-3)15(19)10-17-7-6-12(2)14(18)9-17/h4-5,8,12,14,18H,6-7,9-10H2,1-3H3. The van der Waals surface area contributed by atoms with Crippen LogP contribution < -0.4 is 4.74 Å². The van der Waals surface area contributed by atoms with E-state index < -0.39 is 0 Å². The summed E-state index contributed by atoms with van der Waals surface area (Å²) in [6, 6.07) is 5.61. The first-order chi connectivity index (χ1) is 9.51. The van der Waals surface area contributed by atoms with Gasteiger partial charge in [0, 0.05) is 6.54 Å². The van der Waals surface area contributed by atoms with Crippen LogP contribution in [0.1, 0.15) is 29.3 Å². The van der Waals surface area contributed by atoms with Crippen LogP contribution in [0.25, 0.3) is 0 Å². The van der Waals surface area contributed by atoms with Gasteiger partial charge in [0.2, 0.25) is 0 Å². The largest absolute Gasteiger partial charge is 0.496 e. The molecule has 0 spiro atoms. The van der Waals surface area contributed by atoms with Gasteiger partial charge in [-0.3, -0.25) is 9.69 Å². The van der Waals surface area contributed by atoms with Crippen LogP contribution in [0.3, 0.4) is 0 Å². The molecule has 1 saturated heterocycles. The average Bonchev–Trinajstić information content (AvgIpc) is 2.42. The summed E-state index contributed by atoms with van der Waals surface area (Å²) in [6.45, 7) is 5.79. The maximum Gasteiger partial charge on any atom is 0.180 e. The molecule has 1 aliphatic rings. The third kappa shape index (κ3) is 3.38. The highest BCUT2D eigenvalue weighted by Crippen LogP contribution is 2.22. The van der Waals surface area contributed by atoms with E-state index in [-0.39, 0.29) is 11.9 Å². The van der Waals surface area contributed by atoms with Crippen LogP contribution in [0, 0.1) is 12.8 Å². The van der Waals surface area contributed by atoms with Crippen molar-refractivity contribution in [1.29, 1.82) is 0 Å². The molecular weight excluding hydrogens is 254 g/mol. The molecule has 0 amide bonds. The van der Waals surface area contributed by atoms with E-state index in [4.69, 9.17) is 4.74 Å². The third-order valence-electron chi connectivity index (χ3n) is 4.03. The Morgan fingerprint density at radius 1 is 1.50 bits per heavy atom. The second-order valence-corrected chi connectivity index (χ2v) is 5.70. The smallest absolute Gasteiger partial charge is 0.180 e. The number of piperidine rings is 1. The van der Waals surface area contributed by atoms with Crippen LogP contribution in [-0.2, 0) is 0 Å². The number of aryl methyl sites for hydroxylation is 1. The Morgan fingerprint density at radius 3 is 2.90 bits per heavy atom. The van der Waals surface area contributed by atoms with E-state index in [1.165, 1.54) is 0 Å². The van der Waals surface area contributed by atoms with Crippen molar-refractivity contribution in [2.24, 2.45) is 5.92 Å². The number of hydrogen-bond donors (Lipinski definition) is 1. The van der Waals surface area contributed by atoms with Gasteiger partial charge in [0.05, 0.1) is 25.3 Å². The lowest BCUT2D eigenvalue weighted by Crippen LogP contribution is -2.44. The maximum absolute atomic E-state index is 12.4. The molecule has 1 fully saturated rings. The van der Waals surface area contributed by atoms with Crippen molar-refractivity contribution in [2.45, 2.75) is 26.4 Å². The molecule has 20 heavy (non-hydrogen) atoms. The number of carbonyl (C=O) groups is 1. The molecule has 0 aromatic heterocycles. The summed E-state index contributed by atoms with van der Waals surface area (Å²) in [7, 11) is 1.58. The van der Waals surface area contributed by atoms with Crippen molar-refractivity contribution in [3.63, 3.8) is 0 Å². The molecule has 0 radical (unpaired) electrons. The van der Waals surface area contributed by atoms with E-state index in [0.717, 1.165) is 18.5 Å². The normalized spacial score (nSPS) is 23.6. The quantitative estimate of drug-likeness (QED) is 0.854. The first-order valence-corrected chi connectivity index (χ1v) is 7.09. The van der Waals surface area contributed by atoms with E-state index in [1.807, 2.05) is 36.9 Å². The summed E-state index contributed by atoms with van der Waals surface area (Å²) in [5.74, 6) is 0.986. The van der Waals surface area contributed by atoms with Gasteiger partial charge in [-0.2, -0.15) is 0 Å². The average molecular weight is 277 g/mol. The van der Waals surface area contributed by atoms with Crippen LogP contribution in [-0.4, -0.2) is 48.6 Å². The minimum Gasteiger partial charge on any atom is -0.496 e. The highest BCUT2D eigenvalue weighted by atomic mass is 16.5. The fourth-order valence-electron chi connectivity index (χ4n) is 2.58. The molecule has 0 saturated carbocycles. The molecule has 0 aliphatic carbocycles. The van der Waals surface area contributed by atoms with Gasteiger partial charge < -0.3 is 9.84 Å². The summed E-state index contributed by atoms with van der Waals surface area (Å²) in [6.07, 6.45) is 0.593. The minimum absolute atomic E-state index is 0.0450. The first kappa shape index (κ1) is 15.0. The molecule has 2 atom stereocenters. The number of rotatable bonds is 4. The van der Waals surface area contributed by atoms with Gasteiger partial charge >= 0.3 is 0 Å². The third-order valence-corrected chi connectivity index (χ3v) is 4.03. The van der Waals surface area contributed by atoms with Gasteiger partial charge in [0.1, 0.15) is 5.75 Å². The summed E-state index contributed by atoms with van der Waals surface area (Å²) in [5, 5.41) is 9.89. The van der Waals surface area contributed by atoms with E-state index in [0.29, 0.717) is 30.3 Å². The topological polar surface area (TPSA) is 49.8 Å². The first-order valence-electron chi connectivity index (χ1n) is 7.09. The van der Waals surface area contributed by atoms with Crippen molar-refractivity contribution in [3.8, 4) is 5.75 Å². The zero-order valence-corrected chi connectivity index (χ0v) is 12.4. The number of aliphatic hydroxyl groups excluding tert-OH is 1. The molecule has 1 aromatic carbocycles. The van der Waals surface area contributed by atoms with Crippen molar-refractivity contribution in [2.75, 3.05) is 26.7 Å². The minimum atomic E-state index is -0.337. The number of hydrogen-bond acceptors (Lipinski definition) is 4. The molecule has 1 aromatic rings. The van der Waals surface area contributed by atoms with Crippen molar-refractivity contribution in [3.05, 3.63) is 29.3 Å². The number of methoxy groups -OCH3 is 1. The SMILES string of the molecule is COc1cc(C)ccc1C(=O)CN1CCC(C)C(O)C1. The van der Waals surface area contributed by atoms with Gasteiger partial charge in [0.25, 0.3) is 0 Å². The van der Waals surface area contributed by atoms with Crippen molar-refractivity contribution < 1.29 is 14.6 Å². The number of Topliss-reactive ketones (excluding diaryl/α,β-unsaturated/α-hetero) is 1. The number of likely N-dealkylation sites (tertiary alicyclic amines) is 1. The van der Waals surface area contributed by atoms with E-state index in [2.05, 4.69) is 0 Å². The molecule has 1 N–H and O–H groups in total. The molecule has 4 heteroatoms. The highest BCUT2D eigenvalue weighted by Gasteiger charge is 2.26. The fourth-order valence-corrected chi connectivity index (χ4v) is 2.58. The molecule has 2 unspecified atom stereocenters. The van der Waals surface area contributed by atoms with E-state index in [1.54, 1.807) is 7.11 Å². The zero-order chi connectivity index (χ0) is 14.7. The Kier molecular flexibility index (Phi) is 4.78. The van der Waals surface area contributed by atoms with Crippen molar-refractivity contribution in [1.82, 2.24) is 4.90 Å². The summed E-state index contributed by atoms with van der Waals surface area (Å²) in [4.78, 5) is 14.4. The number of aliphatic hydroxyl groups is 1. The van der Waals surface area contributed by atoms with Crippen LogP contribution in [0.4, 0.5) is 0 Å². The van der Waals surface area contributed by atoms with Gasteiger partial charge in [-0.15, -0.1) is 0 Å². The molecule has 1 heterocycles. The summed E-state index contributed by atoms with van der Waals surface area (Å²) < 4.78 is 5.29. The molecule has 1 aliphatic heterocycles. The number of ketones is 1. The lowest BCUT2D eigenvalue weighted by Gasteiger charge is -2.33. The van der Waals surface area contributed by atoms with Crippen LogP contribution in [0.5, 0.6) is 5.75 Å². The van der Waals surface area contributed by atoms with Crippen LogP contribution >= 0.6 is 0 Å². The Morgan fingerprint density at radius 2 is 2.25 bits per heavy atom. The number of β-amino-alcohol motifs (C(OH)–C–C–N with tert-alkyl or cyclic N) is 1. The Bertz CT molecular complexity index is 487. The zero-order valence-electron chi connectivity index (χ0n) is 12.4. The van der Waals surface area contributed by atoms with Crippen molar-refractivity contribution >= 4 is 5.78 Å². The highest BCUT2D eigenvalue weighted by molar-refractivity contribution is 6.00. The predicted octanol–water partition coefficient (Wildman–Crippen LogP) is 1.89. The monoisotopic (exact) mass is 277 g/mol. The van der Waals surface area contributed by atoms with E-state index in [9.17, 15) is 9.90 Å². The summed E-state index contributed by atoms with van der Waals surface area (Å²) in [5.41, 5.74) is 1.69. The molecular formula is C16H23NO3. The van der Waals surface area contributed by atoms with Gasteiger partial charge in [-0.25, -0.2) is 0 Å². The van der Waals surface area contributed by atoms with E-state index >= 15 is 0 Å². The fraction of sp³-hybridized carbons (Fsp3) is 0.562. The van der Waals surface area contributed by atoms with Crippen LogP contribution in [0.2, 0.25) is 0 Å². The summed E-state index contributed by atoms with van der Waals surface area (Å²) >= 11 is 0. The number of benzene rings is 1. The van der Waals surface area contributed by atoms with Gasteiger partial charge in [0.15, 0.2) is 5.78 Å². The molecule has 4 nitrogen and oxygen atoms in total. The lowest BCUT2D eigenvalue weighted by atomic mass is 9.95. The van der Waals surface area contributed by atoms with Gasteiger partial charge in [-0.1, -0.05) is 13.0 Å². The Labute approximate surface area is 120 Å². The number of ether oxygens (including phenoxy) is 1. The molecule has 110 valence electrons. The van der Waals surface area contributed by atoms with Crippen LogP contribution in [0.15, 0.2) is 18.2 Å². The lowest BCUT2D eigenvalue weighted by molar-refractivity contribution is 0.0294.